The van der Waals surface area contributed by atoms with Crippen LogP contribution in [-0.4, -0.2) is 66.2 Å². The fraction of sp³-hybridized carbons (Fsp3) is 0.571. The van der Waals surface area contributed by atoms with Crippen LogP contribution in [0, 0.1) is 6.92 Å². The molecule has 2 N–H and O–H groups in total. The van der Waals surface area contributed by atoms with Crippen molar-refractivity contribution in [1.29, 1.82) is 0 Å². The smallest absolute Gasteiger partial charge is 0.408 e. The summed E-state index contributed by atoms with van der Waals surface area (Å²) in [4.78, 5) is 35.7. The number of fused-ring (bicyclic) bond motifs is 3. The molecule has 0 spiro atoms. The number of para-hydroxylation sites is 2. The molecule has 1 aromatic heterocycles. The normalized spacial score (nSPS) is 24.2. The van der Waals surface area contributed by atoms with Gasteiger partial charge in [-0.15, -0.1) is 0 Å². The lowest BCUT2D eigenvalue weighted by Crippen LogP contribution is -2.65. The first kappa shape index (κ1) is 29.7. The first-order chi connectivity index (χ1) is 20.6. The third-order valence-corrected chi connectivity index (χ3v) is 10.3. The Morgan fingerprint density at radius 3 is 2.26 bits per heavy atom. The Balaban J connectivity index is 1.20. The summed E-state index contributed by atoms with van der Waals surface area (Å²) < 4.78 is 2.47. The Labute approximate surface area is 255 Å². The van der Waals surface area contributed by atoms with Gasteiger partial charge in [-0.05, 0) is 90.3 Å². The molecule has 0 radical (unpaired) electrons. The van der Waals surface area contributed by atoms with Crippen molar-refractivity contribution in [3.05, 3.63) is 66.0 Å². The van der Waals surface area contributed by atoms with Gasteiger partial charge in [0, 0.05) is 30.2 Å². The summed E-state index contributed by atoms with van der Waals surface area (Å²) in [5, 5.41) is 13.7. The number of imidazole rings is 1. The van der Waals surface area contributed by atoms with Gasteiger partial charge < -0.3 is 15.0 Å². The van der Waals surface area contributed by atoms with Crippen molar-refractivity contribution < 1.29 is 14.7 Å². The molecule has 8 heteroatoms. The Hall–Kier alpha value is -3.39. The van der Waals surface area contributed by atoms with Gasteiger partial charge in [0.2, 0.25) is 5.91 Å². The van der Waals surface area contributed by atoms with Crippen LogP contribution < -0.4 is 5.32 Å². The third-order valence-electron chi connectivity index (χ3n) is 10.3. The Bertz CT molecular complexity index is 1440. The topological polar surface area (TPSA) is 90.7 Å². The standard InChI is InChI=1S/C35H47N5O3/c1-24-36-30-14-8-9-15-31(30)39(24)28-22-26-16-17-27(23-28)38(26)21-18-29(25-12-6-5-7-13-25)37-32(41)35(19-10-11-20-35)40(33(42)43)34(2,3)4/h5-9,12-15,26-29H,10-11,16-23H2,1-4H3,(H,37,41)(H,42,43)/t26-,27+,28?,29-/m0/s1. The highest BCUT2D eigenvalue weighted by molar-refractivity contribution is 5.90. The third kappa shape index (κ3) is 5.54. The summed E-state index contributed by atoms with van der Waals surface area (Å²) >= 11 is 0. The Morgan fingerprint density at radius 2 is 1.63 bits per heavy atom. The molecule has 3 heterocycles. The minimum Gasteiger partial charge on any atom is -0.465 e. The van der Waals surface area contributed by atoms with E-state index in [-0.39, 0.29) is 11.9 Å². The summed E-state index contributed by atoms with van der Waals surface area (Å²) in [5.74, 6) is 0.942. The quantitative estimate of drug-likeness (QED) is 0.302. The number of aromatic nitrogens is 2. The molecule has 2 bridgehead atoms. The van der Waals surface area contributed by atoms with E-state index >= 15 is 0 Å². The van der Waals surface area contributed by atoms with Gasteiger partial charge in [0.1, 0.15) is 11.4 Å². The fourth-order valence-electron chi connectivity index (χ4n) is 8.65. The molecule has 1 saturated carbocycles. The summed E-state index contributed by atoms with van der Waals surface area (Å²) in [6, 6.07) is 20.0. The molecule has 3 aliphatic rings. The summed E-state index contributed by atoms with van der Waals surface area (Å²) in [6.07, 6.45) is 7.23. The zero-order valence-electron chi connectivity index (χ0n) is 26.1. The highest BCUT2D eigenvalue weighted by Gasteiger charge is 2.53. The molecular weight excluding hydrogens is 538 g/mol. The minimum absolute atomic E-state index is 0.152. The van der Waals surface area contributed by atoms with Crippen molar-refractivity contribution >= 4 is 23.0 Å². The van der Waals surface area contributed by atoms with Crippen molar-refractivity contribution in [1.82, 2.24) is 24.7 Å². The molecule has 1 unspecified atom stereocenters. The number of carboxylic acid groups (broad SMARTS) is 1. The first-order valence-corrected chi connectivity index (χ1v) is 16.2. The second-order valence-electron chi connectivity index (χ2n) is 14.0. The molecular formula is C35H47N5O3. The molecule has 6 rings (SSSR count). The maximum Gasteiger partial charge on any atom is 0.408 e. The van der Waals surface area contributed by atoms with Gasteiger partial charge in [-0.1, -0.05) is 55.3 Å². The van der Waals surface area contributed by atoms with E-state index in [2.05, 4.69) is 58.1 Å². The molecule has 2 amide bonds. The Morgan fingerprint density at radius 1 is 1.00 bits per heavy atom. The van der Waals surface area contributed by atoms with Crippen LogP contribution in [-0.2, 0) is 4.79 Å². The fourth-order valence-corrected chi connectivity index (χ4v) is 8.65. The van der Waals surface area contributed by atoms with Crippen LogP contribution in [0.25, 0.3) is 11.0 Å². The molecule has 2 saturated heterocycles. The number of nitrogens with zero attached hydrogens (tertiary/aromatic N) is 4. The van der Waals surface area contributed by atoms with E-state index in [0.717, 1.165) is 55.6 Å². The van der Waals surface area contributed by atoms with Gasteiger partial charge in [0.25, 0.3) is 0 Å². The van der Waals surface area contributed by atoms with Gasteiger partial charge in [-0.3, -0.25) is 14.6 Å². The van der Waals surface area contributed by atoms with Gasteiger partial charge in [0.05, 0.1) is 17.1 Å². The lowest BCUT2D eigenvalue weighted by Gasteiger charge is -2.46. The van der Waals surface area contributed by atoms with Gasteiger partial charge in [-0.25, -0.2) is 9.78 Å². The van der Waals surface area contributed by atoms with Crippen LogP contribution in [0.3, 0.4) is 0 Å². The average molecular weight is 586 g/mol. The zero-order chi connectivity index (χ0) is 30.4. The number of carbonyl (C=O) groups is 2. The molecule has 2 aliphatic heterocycles. The molecule has 8 nitrogen and oxygen atoms in total. The number of aryl methyl sites for hydroxylation is 1. The monoisotopic (exact) mass is 585 g/mol. The second kappa shape index (κ2) is 11.6. The van der Waals surface area contributed by atoms with Crippen molar-refractivity contribution in [2.45, 2.75) is 121 Å². The molecule has 230 valence electrons. The number of hydrogen-bond acceptors (Lipinski definition) is 4. The number of benzene rings is 2. The summed E-state index contributed by atoms with van der Waals surface area (Å²) in [6.45, 7) is 8.69. The summed E-state index contributed by atoms with van der Waals surface area (Å²) in [5.41, 5.74) is 1.66. The van der Waals surface area contributed by atoms with E-state index < -0.39 is 17.2 Å². The maximum atomic E-state index is 14.2. The van der Waals surface area contributed by atoms with E-state index in [4.69, 9.17) is 4.98 Å². The highest BCUT2D eigenvalue weighted by atomic mass is 16.4. The van der Waals surface area contributed by atoms with Gasteiger partial charge >= 0.3 is 6.09 Å². The van der Waals surface area contributed by atoms with Crippen molar-refractivity contribution in [2.75, 3.05) is 6.54 Å². The van der Waals surface area contributed by atoms with Crippen molar-refractivity contribution in [3.63, 3.8) is 0 Å². The van der Waals surface area contributed by atoms with Crippen LogP contribution in [0.5, 0.6) is 0 Å². The zero-order valence-corrected chi connectivity index (χ0v) is 26.1. The van der Waals surface area contributed by atoms with E-state index in [1.807, 2.05) is 39.0 Å². The highest BCUT2D eigenvalue weighted by Crippen LogP contribution is 2.43. The molecule has 2 aromatic carbocycles. The van der Waals surface area contributed by atoms with E-state index in [0.29, 0.717) is 31.0 Å². The van der Waals surface area contributed by atoms with Crippen LogP contribution >= 0.6 is 0 Å². The van der Waals surface area contributed by atoms with Crippen LogP contribution in [0.2, 0.25) is 0 Å². The predicted octanol–water partition coefficient (Wildman–Crippen LogP) is 6.85. The number of amides is 2. The number of hydrogen-bond donors (Lipinski definition) is 2. The van der Waals surface area contributed by atoms with Crippen LogP contribution in [0.4, 0.5) is 4.79 Å². The maximum absolute atomic E-state index is 14.2. The van der Waals surface area contributed by atoms with Gasteiger partial charge in [-0.2, -0.15) is 0 Å². The minimum atomic E-state index is -1.04. The first-order valence-electron chi connectivity index (χ1n) is 16.2. The lowest BCUT2D eigenvalue weighted by molar-refractivity contribution is -0.136. The second-order valence-corrected chi connectivity index (χ2v) is 14.0. The molecule has 3 fully saturated rings. The van der Waals surface area contributed by atoms with E-state index in [1.165, 1.54) is 23.3 Å². The van der Waals surface area contributed by atoms with E-state index in [1.54, 1.807) is 0 Å². The van der Waals surface area contributed by atoms with Crippen LogP contribution in [0.15, 0.2) is 54.6 Å². The lowest BCUT2D eigenvalue weighted by atomic mass is 9.88. The Kier molecular flexibility index (Phi) is 8.01. The number of rotatable bonds is 8. The average Bonchev–Trinajstić information content (AvgIpc) is 3.64. The molecule has 3 aromatic rings. The molecule has 43 heavy (non-hydrogen) atoms. The van der Waals surface area contributed by atoms with Crippen molar-refractivity contribution in [2.24, 2.45) is 0 Å². The number of nitrogens with one attached hydrogen (secondary N) is 1. The largest absolute Gasteiger partial charge is 0.465 e. The SMILES string of the molecule is Cc1nc2ccccc2n1C1C[C@H]2CC[C@@H](C1)N2CC[C@H](NC(=O)C1(N(C(=O)O)C(C)(C)C)CCCC1)c1ccccc1. The molecule has 1 aliphatic carbocycles. The number of carbonyl (C=O) groups excluding carboxylic acids is 1. The van der Waals surface area contributed by atoms with Crippen LogP contribution in [0.1, 0.15) is 102 Å². The van der Waals surface area contributed by atoms with Crippen molar-refractivity contribution in [3.8, 4) is 0 Å². The molecule has 4 atom stereocenters. The van der Waals surface area contributed by atoms with Gasteiger partial charge in [0.15, 0.2) is 0 Å². The van der Waals surface area contributed by atoms with E-state index in [9.17, 15) is 14.7 Å². The number of piperidine rings is 1. The summed E-state index contributed by atoms with van der Waals surface area (Å²) in [7, 11) is 0. The predicted molar refractivity (Wildman–Crippen MR) is 169 cm³/mol.